The van der Waals surface area contributed by atoms with Crippen LogP contribution >= 0.6 is 0 Å². The fraction of sp³-hybridized carbons (Fsp3) is 0.400. The molecule has 0 saturated carbocycles. The lowest BCUT2D eigenvalue weighted by Crippen LogP contribution is -2.46. The maximum absolute atomic E-state index is 13.0. The summed E-state index contributed by atoms with van der Waals surface area (Å²) in [6.45, 7) is 7.96. The molecule has 14 nitrogen and oxygen atoms in total. The summed E-state index contributed by atoms with van der Waals surface area (Å²) in [5, 5.41) is 27.6. The Hall–Kier alpha value is -4.98. The van der Waals surface area contributed by atoms with Crippen LogP contribution in [0.15, 0.2) is 65.7 Å². The molecule has 3 heterocycles. The largest absolute Gasteiger partial charge is 0.513 e. The Balaban J connectivity index is 1.22. The summed E-state index contributed by atoms with van der Waals surface area (Å²) in [6.07, 6.45) is -0.266. The van der Waals surface area contributed by atoms with Crippen molar-refractivity contribution >= 4 is 23.1 Å². The van der Waals surface area contributed by atoms with Gasteiger partial charge in [0.15, 0.2) is 0 Å². The Labute approximate surface area is 255 Å². The van der Waals surface area contributed by atoms with E-state index >= 15 is 0 Å². The second kappa shape index (κ2) is 13.5. The number of hydrogen-bond donors (Lipinski definition) is 1. The highest BCUT2D eigenvalue weighted by Gasteiger charge is 2.38. The molecule has 14 heteroatoms. The zero-order valence-corrected chi connectivity index (χ0v) is 25.2. The van der Waals surface area contributed by atoms with Crippen molar-refractivity contribution in [3.05, 3.63) is 87.2 Å². The number of benzene rings is 2. The zero-order valence-electron chi connectivity index (χ0n) is 25.2. The smallest absolute Gasteiger partial charge is 0.495 e. The van der Waals surface area contributed by atoms with Crippen LogP contribution in [0.2, 0.25) is 0 Å². The van der Waals surface area contributed by atoms with Crippen molar-refractivity contribution in [3.63, 3.8) is 0 Å². The lowest BCUT2D eigenvalue weighted by Gasteiger charge is -2.36. The second-order valence-electron chi connectivity index (χ2n) is 10.6. The number of methoxy groups -OCH3 is 1. The average molecular weight is 605 g/mol. The number of para-hydroxylation sites is 3. The maximum Gasteiger partial charge on any atom is 0.513 e. The quantitative estimate of drug-likeness (QED) is 0.155. The maximum atomic E-state index is 13.0. The van der Waals surface area contributed by atoms with E-state index in [4.69, 9.17) is 14.2 Å². The molecule has 44 heavy (non-hydrogen) atoms. The molecule has 1 N–H and O–H groups in total. The van der Waals surface area contributed by atoms with Crippen molar-refractivity contribution in [2.24, 2.45) is 7.05 Å². The third kappa shape index (κ3) is 6.64. The third-order valence-corrected chi connectivity index (χ3v) is 7.72. The second-order valence-corrected chi connectivity index (χ2v) is 10.6. The zero-order chi connectivity index (χ0) is 31.2. The lowest BCUT2D eigenvalue weighted by molar-refractivity contribution is -0.385. The Morgan fingerprint density at radius 1 is 1.07 bits per heavy atom. The molecule has 3 aromatic rings. The summed E-state index contributed by atoms with van der Waals surface area (Å²) in [4.78, 5) is 30.4. The molecule has 0 amide bonds. The highest BCUT2D eigenvalue weighted by Crippen LogP contribution is 2.45. The van der Waals surface area contributed by atoms with Crippen LogP contribution in [0.1, 0.15) is 37.6 Å². The van der Waals surface area contributed by atoms with E-state index in [-0.39, 0.29) is 23.9 Å². The lowest BCUT2D eigenvalue weighted by atomic mass is 9.84. The Bertz CT molecular complexity index is 1580. The standard InChI is InChI=1S/C30H36N8O6/c1-20-26(29-32-34-35(3)33-29)27(22-10-5-6-11-23(22)38(40)41)28(21(2)31-20)44-30(39)43-19-9-14-36-15-17-37(18-16-36)24-12-7-8-13-25(24)42-4/h5-8,10-13,27,31H,9,14-19H2,1-4H3. The molecule has 0 spiro atoms. The first-order valence-corrected chi connectivity index (χ1v) is 14.4. The molecule has 1 unspecified atom stereocenters. The van der Waals surface area contributed by atoms with Gasteiger partial charge >= 0.3 is 6.16 Å². The number of ether oxygens (including phenoxy) is 3. The number of hydrogen-bond acceptors (Lipinski definition) is 12. The van der Waals surface area contributed by atoms with Gasteiger partial charge in [-0.3, -0.25) is 15.0 Å². The number of piperazine rings is 1. The number of aromatic nitrogens is 4. The predicted octanol–water partition coefficient (Wildman–Crippen LogP) is 3.84. The fourth-order valence-electron chi connectivity index (χ4n) is 5.66. The molecule has 1 aromatic heterocycles. The SMILES string of the molecule is COc1ccccc1N1CCN(CCCOC(=O)OC2=C(C)NC(C)=C(c3nnn(C)n3)C2c2ccccc2[N+](=O)[O-])CC1. The van der Waals surface area contributed by atoms with Crippen LogP contribution < -0.4 is 15.0 Å². The van der Waals surface area contributed by atoms with Crippen LogP contribution in [0.5, 0.6) is 5.75 Å². The van der Waals surface area contributed by atoms with Gasteiger partial charge in [0.1, 0.15) is 11.5 Å². The van der Waals surface area contributed by atoms with Crippen LogP contribution in [-0.2, 0) is 16.5 Å². The van der Waals surface area contributed by atoms with E-state index in [9.17, 15) is 14.9 Å². The molecule has 2 aliphatic rings. The van der Waals surface area contributed by atoms with E-state index in [1.165, 1.54) is 10.9 Å². The molecule has 1 saturated heterocycles. The van der Waals surface area contributed by atoms with E-state index < -0.39 is 17.0 Å². The molecule has 232 valence electrons. The summed E-state index contributed by atoms with van der Waals surface area (Å²) in [7, 11) is 3.30. The summed E-state index contributed by atoms with van der Waals surface area (Å²) in [5.41, 5.74) is 2.98. The van der Waals surface area contributed by atoms with Crippen LogP contribution in [0.4, 0.5) is 16.2 Å². The average Bonchev–Trinajstić information content (AvgIpc) is 3.46. The normalized spacial score (nSPS) is 17.4. The van der Waals surface area contributed by atoms with E-state index in [1.807, 2.05) is 25.1 Å². The number of aryl methyl sites for hydroxylation is 1. The Morgan fingerprint density at radius 2 is 1.80 bits per heavy atom. The molecule has 1 fully saturated rings. The van der Waals surface area contributed by atoms with Crippen molar-refractivity contribution in [2.45, 2.75) is 26.2 Å². The number of tetrazole rings is 1. The fourth-order valence-corrected chi connectivity index (χ4v) is 5.66. The van der Waals surface area contributed by atoms with Crippen LogP contribution in [0.3, 0.4) is 0 Å². The Kier molecular flexibility index (Phi) is 9.38. The van der Waals surface area contributed by atoms with Gasteiger partial charge in [0.25, 0.3) is 5.69 Å². The summed E-state index contributed by atoms with van der Waals surface area (Å²) in [6, 6.07) is 14.3. The monoisotopic (exact) mass is 604 g/mol. The molecule has 5 rings (SSSR count). The summed E-state index contributed by atoms with van der Waals surface area (Å²) >= 11 is 0. The number of nitrogens with one attached hydrogen (secondary N) is 1. The molecule has 2 aromatic carbocycles. The van der Waals surface area contributed by atoms with Crippen LogP contribution in [0.25, 0.3) is 5.57 Å². The first-order valence-electron chi connectivity index (χ1n) is 14.4. The first-order chi connectivity index (χ1) is 21.3. The van der Waals surface area contributed by atoms with E-state index in [0.29, 0.717) is 29.0 Å². The van der Waals surface area contributed by atoms with Gasteiger partial charge in [0.2, 0.25) is 5.82 Å². The molecule has 0 bridgehead atoms. The molecular formula is C30H36N8O6. The van der Waals surface area contributed by atoms with Gasteiger partial charge < -0.3 is 24.4 Å². The molecular weight excluding hydrogens is 568 g/mol. The number of anilines is 1. The van der Waals surface area contributed by atoms with Crippen molar-refractivity contribution in [1.29, 1.82) is 0 Å². The summed E-state index contributed by atoms with van der Waals surface area (Å²) in [5.74, 6) is 0.439. The number of carbonyl (C=O) groups is 1. The van der Waals surface area contributed by atoms with Gasteiger partial charge in [0, 0.05) is 55.6 Å². The van der Waals surface area contributed by atoms with Crippen molar-refractivity contribution in [2.75, 3.05) is 51.3 Å². The number of nitro groups is 1. The minimum Gasteiger partial charge on any atom is -0.495 e. The Morgan fingerprint density at radius 3 is 2.50 bits per heavy atom. The number of nitro benzene ring substituents is 1. The minimum absolute atomic E-state index is 0.123. The highest BCUT2D eigenvalue weighted by molar-refractivity contribution is 5.77. The molecule has 0 aliphatic carbocycles. The van der Waals surface area contributed by atoms with Gasteiger partial charge in [-0.1, -0.05) is 30.3 Å². The topological polar surface area (TPSA) is 150 Å². The summed E-state index contributed by atoms with van der Waals surface area (Å²) < 4.78 is 16.7. The van der Waals surface area contributed by atoms with E-state index in [1.54, 1.807) is 39.3 Å². The molecule has 0 radical (unpaired) electrons. The third-order valence-electron chi connectivity index (χ3n) is 7.72. The molecule has 2 aliphatic heterocycles. The van der Waals surface area contributed by atoms with Crippen LogP contribution in [0, 0.1) is 10.1 Å². The van der Waals surface area contributed by atoms with Gasteiger partial charge in [0.05, 0.1) is 43.0 Å². The van der Waals surface area contributed by atoms with Gasteiger partial charge in [-0.05, 0) is 37.6 Å². The molecule has 1 atom stereocenters. The number of dihydropyridines is 1. The predicted molar refractivity (Wildman–Crippen MR) is 162 cm³/mol. The van der Waals surface area contributed by atoms with Crippen molar-refractivity contribution < 1.29 is 23.9 Å². The van der Waals surface area contributed by atoms with Gasteiger partial charge in [-0.2, -0.15) is 4.80 Å². The number of nitrogens with zero attached hydrogens (tertiary/aromatic N) is 7. The van der Waals surface area contributed by atoms with Gasteiger partial charge in [-0.25, -0.2) is 4.79 Å². The van der Waals surface area contributed by atoms with Crippen molar-refractivity contribution in [3.8, 4) is 5.75 Å². The van der Waals surface area contributed by atoms with Crippen molar-refractivity contribution in [1.82, 2.24) is 30.4 Å². The number of allylic oxidation sites excluding steroid dienone is 3. The van der Waals surface area contributed by atoms with Gasteiger partial charge in [-0.15, -0.1) is 10.2 Å². The number of rotatable bonds is 10. The van der Waals surface area contributed by atoms with Crippen LogP contribution in [-0.4, -0.2) is 82.6 Å². The first kappa shape index (κ1) is 30.5. The highest BCUT2D eigenvalue weighted by atomic mass is 16.7. The van der Waals surface area contributed by atoms with E-state index in [2.05, 4.69) is 36.6 Å². The van der Waals surface area contributed by atoms with E-state index in [0.717, 1.165) is 44.2 Å². The number of carbonyl (C=O) groups excluding carboxylic acids is 1. The minimum atomic E-state index is -0.892.